The van der Waals surface area contributed by atoms with Gasteiger partial charge >= 0.3 is 5.97 Å². The number of aryl methyl sites for hydroxylation is 1. The summed E-state index contributed by atoms with van der Waals surface area (Å²) in [6, 6.07) is 3.00. The summed E-state index contributed by atoms with van der Waals surface area (Å²) < 4.78 is 34.6. The van der Waals surface area contributed by atoms with E-state index >= 15 is 0 Å². The summed E-state index contributed by atoms with van der Waals surface area (Å²) in [6.07, 6.45) is -6.24. The van der Waals surface area contributed by atoms with Crippen molar-refractivity contribution in [3.63, 3.8) is 0 Å². The van der Waals surface area contributed by atoms with Crippen LogP contribution in [0.3, 0.4) is 0 Å². The second kappa shape index (κ2) is 10.3. The number of aliphatic hydroxyl groups excluding tert-OH is 3. The van der Waals surface area contributed by atoms with Gasteiger partial charge in [0.15, 0.2) is 0 Å². The predicted molar refractivity (Wildman–Crippen MR) is 137 cm³/mol. The van der Waals surface area contributed by atoms with Gasteiger partial charge in [-0.05, 0) is 26.0 Å². The van der Waals surface area contributed by atoms with Crippen LogP contribution in [0.1, 0.15) is 34.5 Å². The number of aromatic carboxylic acids is 1. The third-order valence-corrected chi connectivity index (χ3v) is 7.16. The molecule has 206 valence electrons. The zero-order valence-electron chi connectivity index (χ0n) is 22.2. The molecule has 0 bridgehead atoms. The molecule has 1 aliphatic heterocycles. The third-order valence-electron chi connectivity index (χ3n) is 7.16. The molecule has 0 saturated carbocycles. The SMILES string of the molecule is COc1cc(C(=O)O)c2c(OC)c3c(OC)c([C@H]4O[C@@H](C)[C@@H](O)[C@@H](O)[C@@H]4O)cc(OC)c3c(OC)c2c1C. The minimum Gasteiger partial charge on any atom is -0.496 e. The molecule has 0 unspecified atom stereocenters. The number of fused-ring (bicyclic) bond motifs is 2. The molecule has 3 aromatic rings. The van der Waals surface area contributed by atoms with Crippen LogP contribution >= 0.6 is 0 Å². The summed E-state index contributed by atoms with van der Waals surface area (Å²) >= 11 is 0. The standard InChI is InChI=1S/C27H32O11/c1-10-14(33-3)8-12(27(31)32)17-16(10)25(36-6)18-15(34-4)9-13(23(35-5)19(18)26(17)37-7)24-22(30)21(29)20(28)11(2)38-24/h8-9,11,20-22,24,28-30H,1-7H3,(H,31,32)/t11-,20+,21+,22-,24+/m0/s1. The Morgan fingerprint density at radius 1 is 0.737 bits per heavy atom. The molecule has 0 aliphatic carbocycles. The van der Waals surface area contributed by atoms with Gasteiger partial charge in [0.05, 0.1) is 58.0 Å². The molecule has 0 aromatic heterocycles. The number of aliphatic hydroxyl groups is 3. The molecule has 1 aliphatic rings. The Labute approximate surface area is 219 Å². The first-order chi connectivity index (χ1) is 18.1. The predicted octanol–water partition coefficient (Wildman–Crippen LogP) is 2.59. The molecular formula is C27H32O11. The van der Waals surface area contributed by atoms with E-state index in [1.165, 1.54) is 41.6 Å². The lowest BCUT2D eigenvalue weighted by Crippen LogP contribution is -2.53. The highest BCUT2D eigenvalue weighted by atomic mass is 16.5. The fourth-order valence-electron chi connectivity index (χ4n) is 5.32. The van der Waals surface area contributed by atoms with Gasteiger partial charge in [-0.15, -0.1) is 0 Å². The maximum atomic E-state index is 12.4. The van der Waals surface area contributed by atoms with Crippen molar-refractivity contribution in [1.82, 2.24) is 0 Å². The van der Waals surface area contributed by atoms with E-state index in [1.54, 1.807) is 19.9 Å². The highest BCUT2D eigenvalue weighted by Gasteiger charge is 2.44. The van der Waals surface area contributed by atoms with Crippen molar-refractivity contribution in [2.24, 2.45) is 0 Å². The van der Waals surface area contributed by atoms with Crippen molar-refractivity contribution in [2.45, 2.75) is 44.4 Å². The van der Waals surface area contributed by atoms with Crippen LogP contribution in [0.5, 0.6) is 28.7 Å². The Hall–Kier alpha value is -3.51. The number of carbonyl (C=O) groups is 1. The van der Waals surface area contributed by atoms with E-state index in [-0.39, 0.29) is 28.2 Å². The van der Waals surface area contributed by atoms with Crippen LogP contribution in [0.15, 0.2) is 12.1 Å². The van der Waals surface area contributed by atoms with E-state index in [4.69, 9.17) is 28.4 Å². The maximum Gasteiger partial charge on any atom is 0.336 e. The van der Waals surface area contributed by atoms with E-state index < -0.39 is 36.5 Å². The normalized spacial score (nSPS) is 23.4. The first kappa shape index (κ1) is 27.5. The molecule has 4 rings (SSSR count). The average Bonchev–Trinajstić information content (AvgIpc) is 2.91. The van der Waals surface area contributed by atoms with Crippen molar-refractivity contribution < 1.29 is 53.6 Å². The van der Waals surface area contributed by atoms with E-state index in [0.717, 1.165) is 0 Å². The van der Waals surface area contributed by atoms with Crippen molar-refractivity contribution in [1.29, 1.82) is 0 Å². The fourth-order valence-corrected chi connectivity index (χ4v) is 5.32. The zero-order valence-corrected chi connectivity index (χ0v) is 22.2. The summed E-state index contributed by atoms with van der Waals surface area (Å²) in [5.74, 6) is 0.0585. The number of ether oxygens (including phenoxy) is 6. The Balaban J connectivity index is 2.27. The number of hydrogen-bond acceptors (Lipinski definition) is 10. The molecule has 38 heavy (non-hydrogen) atoms. The molecule has 0 radical (unpaired) electrons. The molecular weight excluding hydrogens is 500 g/mol. The number of benzene rings is 3. The van der Waals surface area contributed by atoms with Crippen molar-refractivity contribution in [3.05, 3.63) is 28.8 Å². The highest BCUT2D eigenvalue weighted by Crippen LogP contribution is 2.55. The van der Waals surface area contributed by atoms with Crippen molar-refractivity contribution >= 4 is 27.5 Å². The molecule has 11 nitrogen and oxygen atoms in total. The summed E-state index contributed by atoms with van der Waals surface area (Å²) in [5, 5.41) is 43.1. The summed E-state index contributed by atoms with van der Waals surface area (Å²) in [7, 11) is 7.15. The number of rotatable bonds is 7. The maximum absolute atomic E-state index is 12.4. The molecule has 3 aromatic carbocycles. The van der Waals surface area contributed by atoms with Crippen LogP contribution in [-0.4, -0.2) is 86.4 Å². The van der Waals surface area contributed by atoms with Crippen molar-refractivity contribution in [2.75, 3.05) is 35.5 Å². The summed E-state index contributed by atoms with van der Waals surface area (Å²) in [5.41, 5.74) is 0.822. The zero-order chi connectivity index (χ0) is 28.0. The highest BCUT2D eigenvalue weighted by molar-refractivity contribution is 6.21. The minimum absolute atomic E-state index is 0.0907. The minimum atomic E-state index is -1.51. The molecule has 1 fully saturated rings. The summed E-state index contributed by atoms with van der Waals surface area (Å²) in [4.78, 5) is 12.4. The lowest BCUT2D eigenvalue weighted by molar-refractivity contribution is -0.219. The molecule has 1 saturated heterocycles. The van der Waals surface area contributed by atoms with E-state index in [0.29, 0.717) is 38.8 Å². The van der Waals surface area contributed by atoms with E-state index in [9.17, 15) is 25.2 Å². The molecule has 0 amide bonds. The fraction of sp³-hybridized carbons (Fsp3) is 0.444. The van der Waals surface area contributed by atoms with Gasteiger partial charge in [-0.3, -0.25) is 0 Å². The average molecular weight is 533 g/mol. The van der Waals surface area contributed by atoms with Crippen LogP contribution in [0.4, 0.5) is 0 Å². The van der Waals surface area contributed by atoms with Crippen LogP contribution in [-0.2, 0) is 4.74 Å². The quantitative estimate of drug-likeness (QED) is 0.332. The van der Waals surface area contributed by atoms with Gasteiger partial charge in [-0.25, -0.2) is 4.79 Å². The van der Waals surface area contributed by atoms with Gasteiger partial charge < -0.3 is 48.8 Å². The monoisotopic (exact) mass is 532 g/mol. The van der Waals surface area contributed by atoms with Crippen LogP contribution < -0.4 is 23.7 Å². The molecule has 1 heterocycles. The first-order valence-electron chi connectivity index (χ1n) is 11.8. The Kier molecular flexibility index (Phi) is 7.48. The lowest BCUT2D eigenvalue weighted by atomic mass is 9.87. The van der Waals surface area contributed by atoms with E-state index in [1.807, 2.05) is 0 Å². The Bertz CT molecular complexity index is 1400. The van der Waals surface area contributed by atoms with Gasteiger partial charge in [-0.2, -0.15) is 0 Å². The Morgan fingerprint density at radius 3 is 1.84 bits per heavy atom. The van der Waals surface area contributed by atoms with Gasteiger partial charge in [0.2, 0.25) is 0 Å². The van der Waals surface area contributed by atoms with Crippen LogP contribution in [0.25, 0.3) is 21.5 Å². The Morgan fingerprint density at radius 2 is 1.32 bits per heavy atom. The topological polar surface area (TPSA) is 153 Å². The van der Waals surface area contributed by atoms with Crippen LogP contribution in [0, 0.1) is 6.92 Å². The second-order valence-electron chi connectivity index (χ2n) is 9.06. The van der Waals surface area contributed by atoms with Crippen LogP contribution in [0.2, 0.25) is 0 Å². The number of carboxylic acids is 1. The second-order valence-corrected chi connectivity index (χ2v) is 9.06. The molecule has 4 N–H and O–H groups in total. The van der Waals surface area contributed by atoms with Gasteiger partial charge in [-0.1, -0.05) is 0 Å². The summed E-state index contributed by atoms with van der Waals surface area (Å²) in [6.45, 7) is 3.35. The number of hydrogen-bond donors (Lipinski definition) is 4. The largest absolute Gasteiger partial charge is 0.496 e. The molecule has 5 atom stereocenters. The van der Waals surface area contributed by atoms with E-state index in [2.05, 4.69) is 0 Å². The van der Waals surface area contributed by atoms with Gasteiger partial charge in [0.1, 0.15) is 53.2 Å². The van der Waals surface area contributed by atoms with Gasteiger partial charge in [0.25, 0.3) is 0 Å². The first-order valence-corrected chi connectivity index (χ1v) is 11.8. The number of methoxy groups -OCH3 is 5. The number of carboxylic acid groups (broad SMARTS) is 1. The smallest absolute Gasteiger partial charge is 0.336 e. The third kappa shape index (κ3) is 3.93. The van der Waals surface area contributed by atoms with Crippen molar-refractivity contribution in [3.8, 4) is 28.7 Å². The van der Waals surface area contributed by atoms with Gasteiger partial charge in [0, 0.05) is 21.9 Å². The lowest BCUT2D eigenvalue weighted by Gasteiger charge is -2.40. The molecule has 11 heteroatoms. The molecule has 0 spiro atoms.